The minimum absolute atomic E-state index is 0.0201. The Balaban J connectivity index is 1.37. The van der Waals surface area contributed by atoms with E-state index in [2.05, 4.69) is 30.6 Å². The van der Waals surface area contributed by atoms with Gasteiger partial charge >= 0.3 is 0 Å². The molecule has 2 aromatic rings. The second-order valence-corrected chi connectivity index (χ2v) is 7.82. The van der Waals surface area contributed by atoms with Crippen molar-refractivity contribution < 1.29 is 9.59 Å². The number of nitrogens with one attached hydrogen (secondary N) is 1. The molecule has 1 aliphatic heterocycles. The van der Waals surface area contributed by atoms with Gasteiger partial charge in [-0.15, -0.1) is 0 Å². The number of rotatable bonds is 5. The maximum absolute atomic E-state index is 12.7. The van der Waals surface area contributed by atoms with Gasteiger partial charge < -0.3 is 10.2 Å². The lowest BCUT2D eigenvalue weighted by atomic mass is 9.99. The predicted octanol–water partition coefficient (Wildman–Crippen LogP) is 1.67. The highest BCUT2D eigenvalue weighted by Crippen LogP contribution is 2.42. The average molecular weight is 366 g/mol. The third kappa shape index (κ3) is 3.75. The van der Waals surface area contributed by atoms with E-state index < -0.39 is 0 Å². The second-order valence-electron chi connectivity index (χ2n) is 7.82. The first-order valence-corrected chi connectivity index (χ1v) is 9.63. The molecule has 2 atom stereocenters. The zero-order chi connectivity index (χ0) is 19.0. The maximum Gasteiger partial charge on any atom is 0.227 e. The highest BCUT2D eigenvalue weighted by atomic mass is 16.2. The van der Waals surface area contributed by atoms with Gasteiger partial charge in [-0.1, -0.05) is 29.8 Å². The van der Waals surface area contributed by atoms with Gasteiger partial charge in [0.2, 0.25) is 11.8 Å². The van der Waals surface area contributed by atoms with Crippen molar-refractivity contribution in [3.8, 4) is 0 Å². The number of aryl methyl sites for hydroxylation is 1. The van der Waals surface area contributed by atoms with E-state index in [1.54, 1.807) is 0 Å². The molecule has 4 rings (SSSR count). The smallest absolute Gasteiger partial charge is 0.227 e. The molecular formula is C21H26N4O2. The quantitative estimate of drug-likeness (QED) is 0.875. The lowest BCUT2D eigenvalue weighted by Crippen LogP contribution is -2.31. The monoisotopic (exact) mass is 366 g/mol. The summed E-state index contributed by atoms with van der Waals surface area (Å²) in [6.07, 6.45) is 3.57. The van der Waals surface area contributed by atoms with E-state index in [9.17, 15) is 9.59 Å². The fourth-order valence-corrected chi connectivity index (χ4v) is 4.39. The van der Waals surface area contributed by atoms with Crippen LogP contribution in [-0.2, 0) is 29.0 Å². The van der Waals surface area contributed by atoms with Crippen LogP contribution in [-0.4, -0.2) is 46.1 Å². The van der Waals surface area contributed by atoms with Crippen LogP contribution in [0.4, 0.5) is 0 Å². The van der Waals surface area contributed by atoms with Gasteiger partial charge in [-0.05, 0) is 30.4 Å². The van der Waals surface area contributed by atoms with E-state index in [1.165, 1.54) is 18.1 Å². The highest BCUT2D eigenvalue weighted by molar-refractivity contribution is 5.79. The van der Waals surface area contributed by atoms with Crippen molar-refractivity contribution in [1.29, 1.82) is 0 Å². The molecule has 6 heteroatoms. The molecule has 1 saturated heterocycles. The molecule has 1 aromatic heterocycles. The normalized spacial score (nSPS) is 20.4. The lowest BCUT2D eigenvalue weighted by molar-refractivity contribution is -0.129. The van der Waals surface area contributed by atoms with Crippen molar-refractivity contribution in [3.63, 3.8) is 0 Å². The number of amides is 2. The first-order valence-electron chi connectivity index (χ1n) is 9.63. The zero-order valence-corrected chi connectivity index (χ0v) is 15.9. The minimum atomic E-state index is -0.0201. The van der Waals surface area contributed by atoms with Crippen LogP contribution in [0.5, 0.6) is 0 Å². The number of carbonyl (C=O) groups is 2. The second kappa shape index (κ2) is 7.18. The van der Waals surface area contributed by atoms with Crippen LogP contribution in [0.25, 0.3) is 0 Å². The number of carbonyl (C=O) groups excluding carboxylic acids is 2. The Morgan fingerprint density at radius 1 is 1.30 bits per heavy atom. The van der Waals surface area contributed by atoms with Crippen LogP contribution in [0.1, 0.15) is 35.2 Å². The molecule has 1 aromatic carbocycles. The molecule has 2 amide bonds. The number of hydrogen-bond donors (Lipinski definition) is 1. The molecule has 0 radical (unpaired) electrons. The molecular weight excluding hydrogens is 340 g/mol. The first kappa shape index (κ1) is 17.8. The third-order valence-corrected chi connectivity index (χ3v) is 5.65. The predicted molar refractivity (Wildman–Crippen MR) is 102 cm³/mol. The van der Waals surface area contributed by atoms with Crippen molar-refractivity contribution in [2.24, 2.45) is 5.92 Å². The SMILES string of the molecule is CC(=O)NCCn1cc2c(n1)[C@H]1CN(C(=O)Cc3cccc(C)c3)C[C@H]1C2. The van der Waals surface area contributed by atoms with Crippen molar-refractivity contribution in [2.45, 2.75) is 39.2 Å². The molecule has 6 nitrogen and oxygen atoms in total. The van der Waals surface area contributed by atoms with Crippen LogP contribution in [0.15, 0.2) is 30.5 Å². The molecule has 1 aliphatic carbocycles. The molecule has 2 heterocycles. The Labute approximate surface area is 159 Å². The Morgan fingerprint density at radius 2 is 2.15 bits per heavy atom. The number of benzene rings is 1. The van der Waals surface area contributed by atoms with Crippen LogP contribution < -0.4 is 5.32 Å². The number of likely N-dealkylation sites (tertiary alicyclic amines) is 1. The molecule has 0 spiro atoms. The van der Waals surface area contributed by atoms with E-state index in [0.29, 0.717) is 31.3 Å². The number of nitrogens with zero attached hydrogens (tertiary/aromatic N) is 3. The van der Waals surface area contributed by atoms with Crippen LogP contribution in [0.3, 0.4) is 0 Å². The van der Waals surface area contributed by atoms with Crippen molar-refractivity contribution in [3.05, 3.63) is 52.8 Å². The summed E-state index contributed by atoms with van der Waals surface area (Å²) in [6, 6.07) is 8.18. The van der Waals surface area contributed by atoms with Gasteiger partial charge in [-0.3, -0.25) is 14.3 Å². The Morgan fingerprint density at radius 3 is 2.93 bits per heavy atom. The van der Waals surface area contributed by atoms with Crippen molar-refractivity contribution >= 4 is 11.8 Å². The van der Waals surface area contributed by atoms with Crippen LogP contribution in [0, 0.1) is 12.8 Å². The molecule has 142 valence electrons. The summed E-state index contributed by atoms with van der Waals surface area (Å²) in [5.74, 6) is 1.03. The Hall–Kier alpha value is -2.63. The topological polar surface area (TPSA) is 67.2 Å². The largest absolute Gasteiger partial charge is 0.354 e. The van der Waals surface area contributed by atoms with Gasteiger partial charge in [-0.2, -0.15) is 5.10 Å². The third-order valence-electron chi connectivity index (χ3n) is 5.65. The van der Waals surface area contributed by atoms with Gasteiger partial charge in [-0.25, -0.2) is 0 Å². The summed E-state index contributed by atoms with van der Waals surface area (Å²) in [6.45, 7) is 6.44. The van der Waals surface area contributed by atoms with Gasteiger partial charge in [0.05, 0.1) is 18.7 Å². The van der Waals surface area contributed by atoms with Gasteiger partial charge in [0.1, 0.15) is 0 Å². The molecule has 0 bridgehead atoms. The lowest BCUT2D eigenvalue weighted by Gasteiger charge is -2.17. The summed E-state index contributed by atoms with van der Waals surface area (Å²) >= 11 is 0. The molecule has 27 heavy (non-hydrogen) atoms. The Kier molecular flexibility index (Phi) is 4.72. The summed E-state index contributed by atoms with van der Waals surface area (Å²) in [4.78, 5) is 25.7. The first-order chi connectivity index (χ1) is 13.0. The van der Waals surface area contributed by atoms with Crippen LogP contribution in [0.2, 0.25) is 0 Å². The highest BCUT2D eigenvalue weighted by Gasteiger charge is 2.43. The summed E-state index contributed by atoms with van der Waals surface area (Å²) in [5.41, 5.74) is 4.72. The molecule has 2 aliphatic rings. The number of hydrogen-bond acceptors (Lipinski definition) is 3. The molecule has 0 saturated carbocycles. The number of aromatic nitrogens is 2. The van der Waals surface area contributed by atoms with Gasteiger partial charge in [0.25, 0.3) is 0 Å². The summed E-state index contributed by atoms with van der Waals surface area (Å²) in [5, 5.41) is 7.55. The van der Waals surface area contributed by atoms with Gasteiger partial charge in [0, 0.05) is 38.7 Å². The van der Waals surface area contributed by atoms with Crippen molar-refractivity contribution in [1.82, 2.24) is 20.0 Å². The van der Waals surface area contributed by atoms with Crippen molar-refractivity contribution in [2.75, 3.05) is 19.6 Å². The summed E-state index contributed by atoms with van der Waals surface area (Å²) in [7, 11) is 0. The summed E-state index contributed by atoms with van der Waals surface area (Å²) < 4.78 is 1.92. The fraction of sp³-hybridized carbons (Fsp3) is 0.476. The Bertz CT molecular complexity index is 873. The minimum Gasteiger partial charge on any atom is -0.354 e. The van der Waals surface area contributed by atoms with E-state index in [1.807, 2.05) is 21.7 Å². The molecule has 1 N–H and O–H groups in total. The van der Waals surface area contributed by atoms with Crippen LogP contribution >= 0.6 is 0 Å². The van der Waals surface area contributed by atoms with Gasteiger partial charge in [0.15, 0.2) is 0 Å². The fourth-order valence-electron chi connectivity index (χ4n) is 4.39. The molecule has 1 fully saturated rings. The zero-order valence-electron chi connectivity index (χ0n) is 15.9. The maximum atomic E-state index is 12.7. The standard InChI is InChI=1S/C21H26N4O2/c1-14-4-3-5-16(8-14)9-20(27)24-11-17-10-18-12-25(7-6-22-15(2)26)23-21(18)19(17)13-24/h3-5,8,12,17,19H,6-7,9-11,13H2,1-2H3,(H,22,26)/t17-,19+/m1/s1. The van der Waals surface area contributed by atoms with E-state index in [-0.39, 0.29) is 11.8 Å². The van der Waals surface area contributed by atoms with E-state index >= 15 is 0 Å². The number of fused-ring (bicyclic) bond motifs is 3. The van der Waals surface area contributed by atoms with E-state index in [4.69, 9.17) is 5.10 Å². The average Bonchev–Trinajstić information content (AvgIpc) is 3.25. The van der Waals surface area contributed by atoms with E-state index in [0.717, 1.165) is 30.8 Å². The molecule has 0 unspecified atom stereocenters.